The molecule has 136 valence electrons. The van der Waals surface area contributed by atoms with Gasteiger partial charge in [-0.1, -0.05) is 49.4 Å². The molecule has 3 rings (SSSR count). The van der Waals surface area contributed by atoms with E-state index in [1.165, 1.54) is 5.56 Å². The smallest absolute Gasteiger partial charge is 0.0964 e. The number of piperazine rings is 1. The van der Waals surface area contributed by atoms with Crippen molar-refractivity contribution in [2.75, 3.05) is 32.7 Å². The van der Waals surface area contributed by atoms with Gasteiger partial charge in [0.2, 0.25) is 0 Å². The molecule has 6 heteroatoms. The van der Waals surface area contributed by atoms with E-state index in [0.717, 1.165) is 58.1 Å². The van der Waals surface area contributed by atoms with E-state index in [1.807, 2.05) is 4.68 Å². The largest absolute Gasteiger partial charge is 0.309 e. The van der Waals surface area contributed by atoms with Crippen LogP contribution in [0.25, 0.3) is 0 Å². The lowest BCUT2D eigenvalue weighted by Gasteiger charge is -2.34. The highest BCUT2D eigenvalue weighted by molar-refractivity contribution is 5.14. The number of nitrogens with zero attached hydrogens (tertiary/aromatic N) is 5. The van der Waals surface area contributed by atoms with E-state index in [1.54, 1.807) is 0 Å². The fraction of sp³-hybridized carbons (Fsp3) is 0.579. The molecule has 0 bridgehead atoms. The van der Waals surface area contributed by atoms with E-state index >= 15 is 0 Å². The molecule has 1 aliphatic rings. The number of rotatable bonds is 8. The molecule has 2 aromatic rings. The second-order valence-electron chi connectivity index (χ2n) is 7.11. The monoisotopic (exact) mass is 342 g/mol. The van der Waals surface area contributed by atoms with Crippen molar-refractivity contribution < 1.29 is 0 Å². The summed E-state index contributed by atoms with van der Waals surface area (Å²) in [7, 11) is 0. The first-order chi connectivity index (χ1) is 12.2. The quantitative estimate of drug-likeness (QED) is 0.790. The van der Waals surface area contributed by atoms with Crippen LogP contribution in [0, 0.1) is 0 Å². The lowest BCUT2D eigenvalue weighted by atomic mass is 10.2. The SMILES string of the molecule is CC(C)NCc1cn(CCN2CCN(Cc3ccccc3)CC2)nn1. The molecule has 0 amide bonds. The molecule has 0 saturated carbocycles. The van der Waals surface area contributed by atoms with E-state index in [9.17, 15) is 0 Å². The standard InChI is InChI=1S/C19H30N6/c1-17(2)20-14-19-16-25(22-21-19)13-12-23-8-10-24(11-9-23)15-18-6-4-3-5-7-18/h3-7,16-17,20H,8-15H2,1-2H3. The fourth-order valence-corrected chi connectivity index (χ4v) is 3.09. The molecule has 0 aliphatic carbocycles. The Hall–Kier alpha value is -1.76. The Kier molecular flexibility index (Phi) is 6.55. The first-order valence-electron chi connectivity index (χ1n) is 9.30. The molecular formula is C19H30N6. The molecular weight excluding hydrogens is 312 g/mol. The van der Waals surface area contributed by atoms with E-state index in [2.05, 4.69) is 75.8 Å². The van der Waals surface area contributed by atoms with Gasteiger partial charge < -0.3 is 5.32 Å². The summed E-state index contributed by atoms with van der Waals surface area (Å²) >= 11 is 0. The van der Waals surface area contributed by atoms with Crippen molar-refractivity contribution >= 4 is 0 Å². The summed E-state index contributed by atoms with van der Waals surface area (Å²) in [4.78, 5) is 5.06. The zero-order valence-corrected chi connectivity index (χ0v) is 15.4. The molecule has 0 radical (unpaired) electrons. The Labute approximate surface area is 150 Å². The normalized spacial score (nSPS) is 16.6. The Morgan fingerprint density at radius 2 is 1.72 bits per heavy atom. The van der Waals surface area contributed by atoms with Crippen molar-refractivity contribution in [3.8, 4) is 0 Å². The summed E-state index contributed by atoms with van der Waals surface area (Å²) in [6.07, 6.45) is 2.06. The minimum Gasteiger partial charge on any atom is -0.309 e. The zero-order chi connectivity index (χ0) is 17.5. The maximum atomic E-state index is 4.24. The van der Waals surface area contributed by atoms with Crippen molar-refractivity contribution in [2.45, 2.75) is 39.5 Å². The topological polar surface area (TPSA) is 49.2 Å². The lowest BCUT2D eigenvalue weighted by Crippen LogP contribution is -2.46. The van der Waals surface area contributed by atoms with Gasteiger partial charge in [-0.25, -0.2) is 0 Å². The second kappa shape index (κ2) is 9.08. The van der Waals surface area contributed by atoms with Crippen LogP contribution >= 0.6 is 0 Å². The summed E-state index contributed by atoms with van der Waals surface area (Å²) < 4.78 is 1.97. The van der Waals surface area contributed by atoms with Gasteiger partial charge in [-0.15, -0.1) is 5.10 Å². The molecule has 0 spiro atoms. The molecule has 1 aromatic heterocycles. The van der Waals surface area contributed by atoms with Crippen LogP contribution in [0.2, 0.25) is 0 Å². The highest BCUT2D eigenvalue weighted by Crippen LogP contribution is 2.08. The zero-order valence-electron chi connectivity index (χ0n) is 15.4. The van der Waals surface area contributed by atoms with Gasteiger partial charge in [-0.05, 0) is 5.56 Å². The van der Waals surface area contributed by atoms with Crippen molar-refractivity contribution in [1.29, 1.82) is 0 Å². The Balaban J connectivity index is 1.36. The first kappa shape index (κ1) is 18.0. The summed E-state index contributed by atoms with van der Waals surface area (Å²) in [6.45, 7) is 12.6. The van der Waals surface area contributed by atoms with Crippen LogP contribution in [0.1, 0.15) is 25.1 Å². The highest BCUT2D eigenvalue weighted by Gasteiger charge is 2.16. The van der Waals surface area contributed by atoms with Crippen LogP contribution < -0.4 is 5.32 Å². The minimum atomic E-state index is 0.470. The third-order valence-electron chi connectivity index (χ3n) is 4.64. The maximum absolute atomic E-state index is 4.24. The maximum Gasteiger partial charge on any atom is 0.0964 e. The van der Waals surface area contributed by atoms with Gasteiger partial charge in [0.1, 0.15) is 0 Å². The third-order valence-corrected chi connectivity index (χ3v) is 4.64. The van der Waals surface area contributed by atoms with Crippen molar-refractivity contribution in [3.05, 3.63) is 47.8 Å². The minimum absolute atomic E-state index is 0.470. The lowest BCUT2D eigenvalue weighted by molar-refractivity contribution is 0.123. The van der Waals surface area contributed by atoms with Gasteiger partial charge in [0.15, 0.2) is 0 Å². The Morgan fingerprint density at radius 1 is 1.00 bits per heavy atom. The van der Waals surface area contributed by atoms with E-state index in [-0.39, 0.29) is 0 Å². The highest BCUT2D eigenvalue weighted by atomic mass is 15.4. The van der Waals surface area contributed by atoms with Crippen LogP contribution in [0.4, 0.5) is 0 Å². The summed E-state index contributed by atoms with van der Waals surface area (Å²) in [5.41, 5.74) is 2.42. The molecule has 25 heavy (non-hydrogen) atoms. The van der Waals surface area contributed by atoms with E-state index in [0.29, 0.717) is 6.04 Å². The van der Waals surface area contributed by atoms with Crippen LogP contribution in [0.3, 0.4) is 0 Å². The van der Waals surface area contributed by atoms with Gasteiger partial charge in [0.25, 0.3) is 0 Å². The molecule has 0 atom stereocenters. The number of hydrogen-bond acceptors (Lipinski definition) is 5. The first-order valence-corrected chi connectivity index (χ1v) is 9.30. The van der Waals surface area contributed by atoms with Crippen molar-refractivity contribution in [2.24, 2.45) is 0 Å². The van der Waals surface area contributed by atoms with Gasteiger partial charge in [0.05, 0.1) is 12.2 Å². The van der Waals surface area contributed by atoms with Crippen molar-refractivity contribution in [3.63, 3.8) is 0 Å². The summed E-state index contributed by atoms with van der Waals surface area (Å²) in [5, 5.41) is 11.8. The third kappa shape index (κ3) is 5.92. The molecule has 2 heterocycles. The molecule has 6 nitrogen and oxygen atoms in total. The van der Waals surface area contributed by atoms with Crippen LogP contribution in [-0.2, 0) is 19.6 Å². The molecule has 0 unspecified atom stereocenters. The average molecular weight is 342 g/mol. The van der Waals surface area contributed by atoms with Crippen LogP contribution in [0.5, 0.6) is 0 Å². The molecule has 1 aromatic carbocycles. The molecule has 1 saturated heterocycles. The number of nitrogens with one attached hydrogen (secondary N) is 1. The average Bonchev–Trinajstić information content (AvgIpc) is 3.08. The van der Waals surface area contributed by atoms with Gasteiger partial charge in [0, 0.05) is 58.1 Å². The predicted molar refractivity (Wildman–Crippen MR) is 100 cm³/mol. The molecule has 1 aliphatic heterocycles. The van der Waals surface area contributed by atoms with Gasteiger partial charge in [-0.3, -0.25) is 14.5 Å². The molecule has 1 fully saturated rings. The predicted octanol–water partition coefficient (Wildman–Crippen LogP) is 1.59. The Morgan fingerprint density at radius 3 is 2.44 bits per heavy atom. The second-order valence-corrected chi connectivity index (χ2v) is 7.11. The number of hydrogen-bond donors (Lipinski definition) is 1. The van der Waals surface area contributed by atoms with Gasteiger partial charge >= 0.3 is 0 Å². The van der Waals surface area contributed by atoms with E-state index in [4.69, 9.17) is 0 Å². The number of benzene rings is 1. The van der Waals surface area contributed by atoms with Crippen LogP contribution in [-0.4, -0.2) is 63.6 Å². The van der Waals surface area contributed by atoms with Crippen LogP contribution in [0.15, 0.2) is 36.5 Å². The summed E-state index contributed by atoms with van der Waals surface area (Å²) in [6, 6.07) is 11.2. The number of aromatic nitrogens is 3. The van der Waals surface area contributed by atoms with Gasteiger partial charge in [-0.2, -0.15) is 0 Å². The molecule has 1 N–H and O–H groups in total. The summed E-state index contributed by atoms with van der Waals surface area (Å²) in [5.74, 6) is 0. The van der Waals surface area contributed by atoms with E-state index < -0.39 is 0 Å². The Bertz CT molecular complexity index is 616. The van der Waals surface area contributed by atoms with Crippen molar-refractivity contribution in [1.82, 2.24) is 30.1 Å². The fourth-order valence-electron chi connectivity index (χ4n) is 3.09.